The molecule has 0 fully saturated rings. The molecule has 0 aliphatic heterocycles. The zero-order valence-electron chi connectivity index (χ0n) is 17.8. The Bertz CT molecular complexity index is 1760. The molecule has 0 aliphatic rings. The van der Waals surface area contributed by atoms with E-state index in [1.165, 1.54) is 18.5 Å². The first-order chi connectivity index (χ1) is 16.5. The molecule has 166 valence electrons. The van der Waals surface area contributed by atoms with Crippen molar-refractivity contribution in [2.45, 2.75) is 4.90 Å². The van der Waals surface area contributed by atoms with E-state index in [1.54, 1.807) is 4.52 Å². The van der Waals surface area contributed by atoms with Gasteiger partial charge < -0.3 is 4.57 Å². The standard InChI is InChI=1S/C25H18N6O2S/c26-34(32,33)21-12-20(13-27-14-21)24-28-25(30-15-18-8-4-5-9-19(18)16-30)23-22(10-11-31(23)29-24)17-6-2-1-3-7-17/h1-16H,(H2,26,32,33). The van der Waals surface area contributed by atoms with Gasteiger partial charge in [0.25, 0.3) is 0 Å². The zero-order chi connectivity index (χ0) is 23.3. The third kappa shape index (κ3) is 3.43. The van der Waals surface area contributed by atoms with E-state index in [9.17, 15) is 8.42 Å². The molecule has 6 aromatic rings. The van der Waals surface area contributed by atoms with Crippen LogP contribution < -0.4 is 5.14 Å². The van der Waals surface area contributed by atoms with Gasteiger partial charge in [-0.1, -0.05) is 54.6 Å². The van der Waals surface area contributed by atoms with E-state index in [1.807, 2.05) is 83.8 Å². The van der Waals surface area contributed by atoms with Gasteiger partial charge in [-0.25, -0.2) is 23.1 Å². The fraction of sp³-hybridized carbons (Fsp3) is 0. The molecule has 2 N–H and O–H groups in total. The zero-order valence-corrected chi connectivity index (χ0v) is 18.6. The summed E-state index contributed by atoms with van der Waals surface area (Å²) in [6.07, 6.45) is 8.63. The second-order valence-corrected chi connectivity index (χ2v) is 9.46. The average Bonchev–Trinajstić information content (AvgIpc) is 3.48. The van der Waals surface area contributed by atoms with E-state index in [0.717, 1.165) is 27.4 Å². The minimum Gasteiger partial charge on any atom is -0.306 e. The van der Waals surface area contributed by atoms with Gasteiger partial charge in [0.1, 0.15) is 10.4 Å². The summed E-state index contributed by atoms with van der Waals surface area (Å²) in [5.41, 5.74) is 3.29. The van der Waals surface area contributed by atoms with Crippen LogP contribution in [0.3, 0.4) is 0 Å². The van der Waals surface area contributed by atoms with Crippen molar-refractivity contribution >= 4 is 26.3 Å². The monoisotopic (exact) mass is 466 g/mol. The van der Waals surface area contributed by atoms with Crippen LogP contribution in [0.4, 0.5) is 0 Å². The predicted octanol–water partition coefficient (Wildman–Crippen LogP) is 4.05. The van der Waals surface area contributed by atoms with Crippen LogP contribution in [-0.4, -0.2) is 32.6 Å². The number of nitrogens with two attached hydrogens (primary N) is 1. The van der Waals surface area contributed by atoms with Gasteiger partial charge in [0.05, 0.1) is 0 Å². The molecule has 0 amide bonds. The van der Waals surface area contributed by atoms with Gasteiger partial charge in [-0.15, -0.1) is 5.10 Å². The summed E-state index contributed by atoms with van der Waals surface area (Å²) in [4.78, 5) is 8.82. The van der Waals surface area contributed by atoms with Crippen molar-refractivity contribution in [1.29, 1.82) is 0 Å². The summed E-state index contributed by atoms with van der Waals surface area (Å²) in [7, 11) is -3.92. The highest BCUT2D eigenvalue weighted by Gasteiger charge is 2.18. The largest absolute Gasteiger partial charge is 0.306 e. The summed E-state index contributed by atoms with van der Waals surface area (Å²) in [6, 6.07) is 21.5. The highest BCUT2D eigenvalue weighted by atomic mass is 32.2. The van der Waals surface area contributed by atoms with E-state index in [2.05, 4.69) is 10.1 Å². The molecule has 8 nitrogen and oxygen atoms in total. The number of hydrogen-bond acceptors (Lipinski definition) is 5. The molecular formula is C25H18N6O2S. The molecule has 0 bridgehead atoms. The van der Waals surface area contributed by atoms with Crippen LogP contribution in [0.15, 0.2) is 103 Å². The van der Waals surface area contributed by atoms with E-state index >= 15 is 0 Å². The fourth-order valence-electron chi connectivity index (χ4n) is 4.06. The number of hydrogen-bond donors (Lipinski definition) is 1. The van der Waals surface area contributed by atoms with Crippen molar-refractivity contribution in [2.75, 3.05) is 0 Å². The molecule has 4 heterocycles. The lowest BCUT2D eigenvalue weighted by atomic mass is 10.1. The first kappa shape index (κ1) is 20.3. The number of fused-ring (bicyclic) bond motifs is 2. The number of aromatic nitrogens is 5. The second kappa shape index (κ2) is 7.62. The molecule has 0 radical (unpaired) electrons. The molecular weight excluding hydrogens is 448 g/mol. The number of nitrogens with zero attached hydrogens (tertiary/aromatic N) is 5. The molecule has 2 aromatic carbocycles. The number of rotatable bonds is 4. The number of pyridine rings is 1. The Hall–Kier alpha value is -4.34. The van der Waals surface area contributed by atoms with Gasteiger partial charge >= 0.3 is 0 Å². The Morgan fingerprint density at radius 1 is 0.824 bits per heavy atom. The maximum absolute atomic E-state index is 11.9. The van der Waals surface area contributed by atoms with Crippen LogP contribution in [0.25, 0.3) is 44.6 Å². The summed E-state index contributed by atoms with van der Waals surface area (Å²) < 4.78 is 27.5. The summed E-state index contributed by atoms with van der Waals surface area (Å²) in [6.45, 7) is 0. The smallest absolute Gasteiger partial charge is 0.239 e. The minimum atomic E-state index is -3.92. The Morgan fingerprint density at radius 2 is 1.53 bits per heavy atom. The third-order valence-electron chi connectivity index (χ3n) is 5.67. The third-order valence-corrected chi connectivity index (χ3v) is 6.55. The van der Waals surface area contributed by atoms with E-state index < -0.39 is 10.0 Å². The Balaban J connectivity index is 1.64. The van der Waals surface area contributed by atoms with Gasteiger partial charge in [0.15, 0.2) is 11.6 Å². The number of sulfonamides is 1. The molecule has 0 saturated heterocycles. The van der Waals surface area contributed by atoms with Crippen molar-refractivity contribution in [3.63, 3.8) is 0 Å². The van der Waals surface area contributed by atoms with Gasteiger partial charge in [0, 0.05) is 42.1 Å². The van der Waals surface area contributed by atoms with Crippen molar-refractivity contribution in [3.05, 3.63) is 97.7 Å². The fourth-order valence-corrected chi connectivity index (χ4v) is 4.56. The average molecular weight is 467 g/mol. The molecule has 0 saturated carbocycles. The summed E-state index contributed by atoms with van der Waals surface area (Å²) in [5.74, 6) is 0.986. The number of benzene rings is 2. The molecule has 0 unspecified atom stereocenters. The highest BCUT2D eigenvalue weighted by molar-refractivity contribution is 7.89. The lowest BCUT2D eigenvalue weighted by Gasteiger charge is -2.11. The molecule has 34 heavy (non-hydrogen) atoms. The first-order valence-corrected chi connectivity index (χ1v) is 12.0. The topological polar surface area (TPSA) is 108 Å². The van der Waals surface area contributed by atoms with E-state index in [4.69, 9.17) is 10.1 Å². The van der Waals surface area contributed by atoms with Crippen molar-refractivity contribution in [2.24, 2.45) is 5.14 Å². The van der Waals surface area contributed by atoms with Gasteiger partial charge in [-0.3, -0.25) is 4.98 Å². The lowest BCUT2D eigenvalue weighted by molar-refractivity contribution is 0.597. The van der Waals surface area contributed by atoms with E-state index in [-0.39, 0.29) is 4.90 Å². The van der Waals surface area contributed by atoms with Crippen LogP contribution >= 0.6 is 0 Å². The Morgan fingerprint density at radius 3 is 2.24 bits per heavy atom. The molecule has 0 atom stereocenters. The minimum absolute atomic E-state index is 0.0977. The Labute approximate surface area is 195 Å². The van der Waals surface area contributed by atoms with Crippen LogP contribution in [0, 0.1) is 0 Å². The molecule has 6 rings (SSSR count). The molecule has 9 heteroatoms. The summed E-state index contributed by atoms with van der Waals surface area (Å²) >= 11 is 0. The summed E-state index contributed by atoms with van der Waals surface area (Å²) in [5, 5.41) is 12.1. The molecule has 0 aliphatic carbocycles. The highest BCUT2D eigenvalue weighted by Crippen LogP contribution is 2.31. The van der Waals surface area contributed by atoms with Crippen molar-refractivity contribution in [3.8, 4) is 28.3 Å². The maximum atomic E-state index is 11.9. The molecule has 0 spiro atoms. The molecule has 4 aromatic heterocycles. The van der Waals surface area contributed by atoms with Gasteiger partial charge in [0.2, 0.25) is 10.0 Å². The van der Waals surface area contributed by atoms with E-state index in [0.29, 0.717) is 17.2 Å². The van der Waals surface area contributed by atoms with Gasteiger partial charge in [-0.2, -0.15) is 0 Å². The lowest BCUT2D eigenvalue weighted by Crippen LogP contribution is -2.13. The van der Waals surface area contributed by atoms with Crippen molar-refractivity contribution < 1.29 is 8.42 Å². The predicted molar refractivity (Wildman–Crippen MR) is 130 cm³/mol. The SMILES string of the molecule is NS(=O)(=O)c1cncc(-c2nc(-n3cc4ccccc4c3)c3c(-c4ccccc4)ccn3n2)c1. The Kier molecular flexibility index (Phi) is 4.54. The van der Waals surface area contributed by atoms with Crippen LogP contribution in [0.2, 0.25) is 0 Å². The van der Waals surface area contributed by atoms with Crippen LogP contribution in [-0.2, 0) is 10.0 Å². The van der Waals surface area contributed by atoms with Gasteiger partial charge in [-0.05, 0) is 28.5 Å². The maximum Gasteiger partial charge on any atom is 0.239 e. The van der Waals surface area contributed by atoms with Crippen molar-refractivity contribution in [1.82, 2.24) is 24.1 Å². The number of primary sulfonamides is 1. The first-order valence-electron chi connectivity index (χ1n) is 10.5. The van der Waals surface area contributed by atoms with Crippen LogP contribution in [0.1, 0.15) is 0 Å². The second-order valence-electron chi connectivity index (χ2n) is 7.90. The normalized spacial score (nSPS) is 11.9. The quantitative estimate of drug-likeness (QED) is 0.422. The van der Waals surface area contributed by atoms with Crippen LogP contribution in [0.5, 0.6) is 0 Å².